The first-order chi connectivity index (χ1) is 61.9. The van der Waals surface area contributed by atoms with E-state index in [1.807, 2.05) is 149 Å². The minimum atomic E-state index is -2.51. The molecule has 2 N–H and O–H groups in total. The number of aliphatic hydroxyl groups is 1. The van der Waals surface area contributed by atoms with Crippen molar-refractivity contribution in [2.24, 2.45) is 11.8 Å². The van der Waals surface area contributed by atoms with Crippen LogP contribution >= 0.6 is 61.1 Å². The van der Waals surface area contributed by atoms with Gasteiger partial charge in [0.2, 0.25) is 35.8 Å². The molecule has 34 heteroatoms. The first-order valence-electron chi connectivity index (χ1n) is 42.9. The second-order valence-corrected chi connectivity index (χ2v) is 41.0. The van der Waals surface area contributed by atoms with E-state index in [4.69, 9.17) is 98.5 Å². The molecule has 0 aliphatic carbocycles. The molecule has 1 aliphatic heterocycles. The topological polar surface area (TPSA) is 350 Å². The van der Waals surface area contributed by atoms with Crippen LogP contribution in [0.2, 0.25) is 0 Å². The first kappa shape index (κ1) is 149. The van der Waals surface area contributed by atoms with Gasteiger partial charge < -0.3 is 80.0 Å². The number of aliphatic carboxylic acids is 1. The highest BCUT2D eigenvalue weighted by Crippen LogP contribution is 2.46. The summed E-state index contributed by atoms with van der Waals surface area (Å²) in [5.74, 6) is 3.04. The zero-order chi connectivity index (χ0) is 104. The van der Waals surface area contributed by atoms with Crippen LogP contribution in [-0.4, -0.2) is 245 Å². The van der Waals surface area contributed by atoms with Crippen LogP contribution in [0.25, 0.3) is 0 Å². The second kappa shape index (κ2) is 106. The molecule has 27 nitrogen and oxygen atoms in total. The van der Waals surface area contributed by atoms with Crippen molar-refractivity contribution in [2.75, 3.05) is 173 Å². The van der Waals surface area contributed by atoms with Crippen molar-refractivity contribution >= 4 is 97.9 Å². The zero-order valence-corrected chi connectivity index (χ0v) is 92.5. The van der Waals surface area contributed by atoms with Crippen molar-refractivity contribution in [3.05, 3.63) is 214 Å². The van der Waals surface area contributed by atoms with Gasteiger partial charge in [-0.15, -0.1) is 23.2 Å². The van der Waals surface area contributed by atoms with Gasteiger partial charge in [-0.25, -0.2) is 0 Å². The number of hydrogen-bond acceptors (Lipinski definition) is 26. The summed E-state index contributed by atoms with van der Waals surface area (Å²) in [6.45, 7) is 53.8. The number of alkyl halides is 2. The molecule has 0 amide bonds. The molecule has 1 rings (SSSR count). The standard InChI is InChI=1S/2C14H24O2.2C10H22O4P2.2C10H14O2.C10H12O2.C5H10O3.C5H13O2P.C4H6Cl2.C4H8O2.C2H4O2/c2*1-11(2)12(3)9-7-8-10-13(4)14(15-5)16-6;2*1-5-13-15(3,11)9-7-8-10-16(4,12)14-6-2;2*1-9(8-11)6-4-5-7-10(2)12-3;1-9(7-11)5-3-4-6-10(2)8-12;1-4(6)5(7-2)8-3;1-4-6-8(3)7-5-2;5-3-1-2-4-6;5-4-2-1-3-6-4;1-2(3)4/h2*7-11,14H,1-6H3;2*7-8H,5-6,9-10H2,1-4H3;2*4-8H,1-3H3;3-8H,1-2H3;5H,1-3H3;4-5H2,1-3H3;1-2H,3-4H2;4-5H,1-3H2;1H3,(H,3,4)/b8-7+,12-9?,13-10?;8-7+,12-9+,13-10+;2*8-7+;5-4+,9-6+,10-7+;5-4+,9-6-,10-7+;4-3+,9-5-,10-6-;;;2-1+;;. The molecule has 0 bridgehead atoms. The molecule has 0 aromatic carbocycles. The maximum Gasteiger partial charge on any atom is 0.300 e. The number of aliphatic hydroxyl groups excluding tert-OH is 1. The van der Waals surface area contributed by atoms with Gasteiger partial charge in [0, 0.05) is 132 Å². The molecule has 0 aromatic heterocycles. The lowest BCUT2D eigenvalue weighted by atomic mass is 10.1. The van der Waals surface area contributed by atoms with Gasteiger partial charge in [0.1, 0.15) is 25.1 Å². The number of Topliss-reactive ketones (excluding diaryl/α,β-unsaturated/α-hetero) is 1. The summed E-state index contributed by atoms with van der Waals surface area (Å²) in [7, 11) is 2.02. The van der Waals surface area contributed by atoms with Crippen LogP contribution in [0.15, 0.2) is 214 Å². The fraction of sp³-hybridized carbons (Fsp3) is 0.571. The highest BCUT2D eigenvalue weighted by molar-refractivity contribution is 7.59. The number of halogens is 2. The van der Waals surface area contributed by atoms with E-state index in [2.05, 4.69) is 63.2 Å². The molecule has 0 aromatic rings. The maximum absolute atomic E-state index is 11.7. The van der Waals surface area contributed by atoms with Crippen molar-refractivity contribution in [1.29, 1.82) is 0 Å². The number of ether oxygens (including phenoxy) is 9. The Labute approximate surface area is 809 Å². The number of carboxylic acid groups (broad SMARTS) is 1. The normalized spacial score (nSPS) is 15.4. The first-order valence-corrected chi connectivity index (χ1v) is 54.7. The predicted molar refractivity (Wildman–Crippen MR) is 555 cm³/mol. The number of carboxylic acids is 1. The molecule has 0 spiro atoms. The van der Waals surface area contributed by atoms with E-state index in [9.17, 15) is 42.2 Å². The van der Waals surface area contributed by atoms with Gasteiger partial charge in [0.15, 0.2) is 33.0 Å². The second-order valence-electron chi connectivity index (χ2n) is 28.4. The number of hydrogen-bond donors (Lipinski definition) is 2. The maximum atomic E-state index is 11.7. The van der Waals surface area contributed by atoms with E-state index < -0.39 is 56.4 Å². The lowest BCUT2D eigenvalue weighted by Gasteiger charge is -2.12. The molecule has 0 saturated carbocycles. The van der Waals surface area contributed by atoms with Gasteiger partial charge in [-0.05, 0) is 182 Å². The van der Waals surface area contributed by atoms with Crippen LogP contribution in [0.3, 0.4) is 0 Å². The smallest absolute Gasteiger partial charge is 0.300 e. The molecule has 0 radical (unpaired) electrons. The van der Waals surface area contributed by atoms with Crippen LogP contribution in [0, 0.1) is 11.8 Å². The Morgan fingerprint density at radius 1 is 0.386 bits per heavy atom. The molecule has 1 aliphatic rings. The SMILES string of the molecule is C/C(C=O)=C/C=C/C=C(/C)C=O.CC(=O)O.CCOP(C)(=O)C/C=C/CP(C)(=O)OCC.CCOP(C)(=O)C/C=C/CP(C)(=O)OCC.CCOP(C)OCC.CO/C(C)=C/C=C/C=C(/C)C=O.CO/C(C)=C/C=C/C=C(\C)C=O.COC(OC)/C(C)=C/C=C/C=C(\C)C(C)C.COC(OC)C(C)=C/C=C/C=C(C)C(C)C.COC(OC)C(C)=O.ClC/C=C/CCl.OC1CCCO1. The Hall–Kier alpha value is -5.89. The minimum Gasteiger partial charge on any atom is -0.501 e. The van der Waals surface area contributed by atoms with Crippen LogP contribution in [0.5, 0.6) is 0 Å². The summed E-state index contributed by atoms with van der Waals surface area (Å²) in [4.78, 5) is 59.9. The van der Waals surface area contributed by atoms with E-state index in [0.29, 0.717) is 97.0 Å². The van der Waals surface area contributed by atoms with E-state index in [1.165, 1.54) is 32.3 Å². The highest BCUT2D eigenvalue weighted by Gasteiger charge is 2.17. The molecule has 1 heterocycles. The molecule has 132 heavy (non-hydrogen) atoms. The van der Waals surface area contributed by atoms with Crippen LogP contribution in [0.1, 0.15) is 165 Å². The van der Waals surface area contributed by atoms with Crippen LogP contribution in [0.4, 0.5) is 0 Å². The Morgan fingerprint density at radius 2 is 0.614 bits per heavy atom. The lowest BCUT2D eigenvalue weighted by molar-refractivity contribution is -0.154. The third-order valence-electron chi connectivity index (χ3n) is 15.2. The van der Waals surface area contributed by atoms with E-state index in [0.717, 1.165) is 87.4 Å². The van der Waals surface area contributed by atoms with Crippen molar-refractivity contribution < 1.29 is 127 Å². The third kappa shape index (κ3) is 124. The molecule has 1 fully saturated rings. The Bertz CT molecular complexity index is 3420. The largest absolute Gasteiger partial charge is 0.501 e. The van der Waals surface area contributed by atoms with Crippen molar-refractivity contribution in [3.63, 3.8) is 0 Å². The quantitative estimate of drug-likeness (QED) is 0.00835. The number of carbonyl (C=O) groups excluding carboxylic acids is 5. The lowest BCUT2D eigenvalue weighted by Crippen LogP contribution is -2.21. The summed E-state index contributed by atoms with van der Waals surface area (Å²) in [5, 5.41) is 15.9. The predicted octanol–water partition coefficient (Wildman–Crippen LogP) is 25.0. The van der Waals surface area contributed by atoms with Crippen molar-refractivity contribution in [1.82, 2.24) is 0 Å². The van der Waals surface area contributed by atoms with Gasteiger partial charge in [-0.2, -0.15) is 0 Å². The fourth-order valence-electron chi connectivity index (χ4n) is 7.69. The number of allylic oxidation sites excluding steroid dienone is 34. The molecule has 1 saturated heterocycles. The van der Waals surface area contributed by atoms with Gasteiger partial charge in [0.05, 0.1) is 65.4 Å². The average molecular weight is 2010 g/mol. The summed E-state index contributed by atoms with van der Waals surface area (Å²) in [5.41, 5.74) is 7.57. The zero-order valence-electron chi connectivity index (χ0n) is 86.5. The summed E-state index contributed by atoms with van der Waals surface area (Å²) in [6, 6.07) is 0. The number of methoxy groups -OCH3 is 8. The summed E-state index contributed by atoms with van der Waals surface area (Å²) in [6.07, 6.45) is 53.1. The highest BCUT2D eigenvalue weighted by atomic mass is 35.5. The minimum absolute atomic E-state index is 0.116. The van der Waals surface area contributed by atoms with E-state index >= 15 is 0 Å². The Balaban J connectivity index is -0.000000137. The van der Waals surface area contributed by atoms with Gasteiger partial charge >= 0.3 is 0 Å². The molecular weight excluding hydrogens is 1830 g/mol. The van der Waals surface area contributed by atoms with Gasteiger partial charge in [0.25, 0.3) is 5.97 Å². The Kier molecular flexibility index (Phi) is 119. The van der Waals surface area contributed by atoms with Crippen molar-refractivity contribution in [2.45, 2.75) is 190 Å². The fourth-order valence-corrected chi connectivity index (χ4v) is 13.5. The molecule has 766 valence electrons. The number of rotatable bonds is 49. The van der Waals surface area contributed by atoms with E-state index in [-0.39, 0.29) is 18.4 Å². The average Bonchev–Trinajstić information content (AvgIpc) is 1.14. The number of aldehydes is 4. The molecule has 5 atom stereocenters. The van der Waals surface area contributed by atoms with Gasteiger partial charge in [-0.1, -0.05) is 185 Å². The summed E-state index contributed by atoms with van der Waals surface area (Å²) >= 11 is 10.5. The van der Waals surface area contributed by atoms with Crippen LogP contribution < -0.4 is 0 Å². The summed E-state index contributed by atoms with van der Waals surface area (Å²) < 4.78 is 122. The van der Waals surface area contributed by atoms with Crippen LogP contribution in [-0.2, 0) is 117 Å². The molecular formula is C98H173Cl2O27P5. The molecule has 5 unspecified atom stereocenters. The third-order valence-corrected chi connectivity index (χ3v) is 23.5. The van der Waals surface area contributed by atoms with Gasteiger partial charge in [-0.3, -0.25) is 47.0 Å². The Morgan fingerprint density at radius 3 is 0.765 bits per heavy atom. The van der Waals surface area contributed by atoms with E-state index in [1.54, 1.807) is 170 Å². The number of ketones is 1. The van der Waals surface area contributed by atoms with Crippen molar-refractivity contribution in [3.8, 4) is 0 Å². The number of carbonyl (C=O) groups is 6. The monoisotopic (exact) mass is 2010 g/mol.